The van der Waals surface area contributed by atoms with Gasteiger partial charge in [0.05, 0.1) is 12.6 Å². The zero-order chi connectivity index (χ0) is 17.1. The van der Waals surface area contributed by atoms with Crippen LogP contribution < -0.4 is 0 Å². The Morgan fingerprint density at radius 2 is 1.64 bits per heavy atom. The summed E-state index contributed by atoms with van der Waals surface area (Å²) >= 11 is 0. The average Bonchev–Trinajstić information content (AvgIpc) is 3.08. The minimum Gasteiger partial charge on any atom is -0.459 e. The smallest absolute Gasteiger partial charge is 0.134 e. The molecule has 0 saturated carbocycles. The summed E-state index contributed by atoms with van der Waals surface area (Å²) < 4.78 is 6.22. The first-order valence-corrected chi connectivity index (χ1v) is 8.96. The average molecular weight is 336 g/mol. The van der Waals surface area contributed by atoms with Crippen LogP contribution in [-0.2, 0) is 0 Å². The monoisotopic (exact) mass is 336 g/mol. The van der Waals surface area contributed by atoms with E-state index >= 15 is 0 Å². The lowest BCUT2D eigenvalue weighted by atomic mass is 10.0. The number of nitrogens with zero attached hydrogens (tertiary/aromatic N) is 2. The standard InChI is InChI=1S/C21H24N2O2/c24-15-14-22-10-12-23(13-11-22)21(17-6-2-1-3-7-17)20-16-18-8-4-5-9-19(18)25-20/h1-9,16,21,24H,10-15H2. The number of furan rings is 1. The predicted molar refractivity (Wildman–Crippen MR) is 99.6 cm³/mol. The molecule has 1 aliphatic rings. The molecule has 1 fully saturated rings. The van der Waals surface area contributed by atoms with Gasteiger partial charge >= 0.3 is 0 Å². The van der Waals surface area contributed by atoms with Crippen LogP contribution in [0.2, 0.25) is 0 Å². The van der Waals surface area contributed by atoms with E-state index in [2.05, 4.69) is 52.3 Å². The number of aliphatic hydroxyl groups excluding tert-OH is 1. The van der Waals surface area contributed by atoms with E-state index in [0.717, 1.165) is 49.5 Å². The first kappa shape index (κ1) is 16.3. The molecular formula is C21H24N2O2. The number of β-amino-alcohol motifs (C(OH)–C–C–N with tert-alkyl or cyclic N) is 1. The Morgan fingerprint density at radius 1 is 0.920 bits per heavy atom. The Balaban J connectivity index is 1.65. The van der Waals surface area contributed by atoms with Gasteiger partial charge in [0.2, 0.25) is 0 Å². The van der Waals surface area contributed by atoms with Crippen LogP contribution in [0, 0.1) is 0 Å². The second-order valence-electron chi connectivity index (χ2n) is 6.60. The number of piperazine rings is 1. The van der Waals surface area contributed by atoms with E-state index in [1.54, 1.807) is 0 Å². The van der Waals surface area contributed by atoms with Gasteiger partial charge in [-0.3, -0.25) is 9.80 Å². The maximum atomic E-state index is 9.16. The quantitative estimate of drug-likeness (QED) is 0.777. The van der Waals surface area contributed by atoms with E-state index in [1.165, 1.54) is 5.56 Å². The summed E-state index contributed by atoms with van der Waals surface area (Å²) in [5, 5.41) is 10.3. The molecule has 25 heavy (non-hydrogen) atoms. The van der Waals surface area contributed by atoms with Crippen LogP contribution in [-0.4, -0.2) is 54.2 Å². The minimum absolute atomic E-state index is 0.130. The van der Waals surface area contributed by atoms with E-state index in [1.807, 2.05) is 18.2 Å². The summed E-state index contributed by atoms with van der Waals surface area (Å²) in [4.78, 5) is 4.80. The highest BCUT2D eigenvalue weighted by molar-refractivity contribution is 5.78. The molecule has 130 valence electrons. The summed E-state index contributed by atoms with van der Waals surface area (Å²) in [5.41, 5.74) is 2.20. The zero-order valence-corrected chi connectivity index (χ0v) is 14.3. The third-order valence-electron chi connectivity index (χ3n) is 5.02. The Morgan fingerprint density at radius 3 is 2.36 bits per heavy atom. The van der Waals surface area contributed by atoms with E-state index in [-0.39, 0.29) is 12.6 Å². The van der Waals surface area contributed by atoms with E-state index < -0.39 is 0 Å². The van der Waals surface area contributed by atoms with Gasteiger partial charge in [0.25, 0.3) is 0 Å². The number of rotatable bonds is 5. The SMILES string of the molecule is OCCN1CCN(C(c2ccccc2)c2cc3ccccc3o2)CC1. The van der Waals surface area contributed by atoms with Crippen molar-refractivity contribution in [1.29, 1.82) is 0 Å². The van der Waals surface area contributed by atoms with Crippen molar-refractivity contribution in [1.82, 2.24) is 9.80 Å². The zero-order valence-electron chi connectivity index (χ0n) is 14.3. The molecule has 0 spiro atoms. The van der Waals surface area contributed by atoms with E-state index in [9.17, 15) is 0 Å². The number of para-hydroxylation sites is 1. The molecule has 0 aliphatic carbocycles. The molecule has 4 heteroatoms. The van der Waals surface area contributed by atoms with Crippen LogP contribution >= 0.6 is 0 Å². The topological polar surface area (TPSA) is 39.9 Å². The van der Waals surface area contributed by atoms with Gasteiger partial charge in [-0.05, 0) is 17.7 Å². The molecule has 1 unspecified atom stereocenters. The molecule has 2 aromatic carbocycles. The molecule has 1 aromatic heterocycles. The van der Waals surface area contributed by atoms with Crippen molar-refractivity contribution in [2.45, 2.75) is 6.04 Å². The Labute approximate surface area is 148 Å². The highest BCUT2D eigenvalue weighted by Gasteiger charge is 2.28. The molecule has 3 aromatic rings. The Bertz CT molecular complexity index is 774. The number of hydrogen-bond donors (Lipinski definition) is 1. The number of aliphatic hydroxyl groups is 1. The molecular weight excluding hydrogens is 312 g/mol. The third-order valence-corrected chi connectivity index (χ3v) is 5.02. The maximum absolute atomic E-state index is 9.16. The van der Waals surface area contributed by atoms with Gasteiger partial charge < -0.3 is 9.52 Å². The van der Waals surface area contributed by atoms with E-state index in [4.69, 9.17) is 9.52 Å². The molecule has 1 saturated heterocycles. The first-order chi connectivity index (χ1) is 12.3. The molecule has 4 nitrogen and oxygen atoms in total. The van der Waals surface area contributed by atoms with Crippen LogP contribution in [0.1, 0.15) is 17.4 Å². The van der Waals surface area contributed by atoms with Crippen molar-refractivity contribution < 1.29 is 9.52 Å². The molecule has 1 aliphatic heterocycles. The molecule has 0 amide bonds. The van der Waals surface area contributed by atoms with Crippen molar-refractivity contribution in [3.63, 3.8) is 0 Å². The third kappa shape index (κ3) is 3.47. The normalized spacial score (nSPS) is 17.8. The maximum Gasteiger partial charge on any atom is 0.134 e. The summed E-state index contributed by atoms with van der Waals surface area (Å²) in [5.74, 6) is 1.00. The van der Waals surface area contributed by atoms with Gasteiger partial charge in [-0.25, -0.2) is 0 Å². The lowest BCUT2D eigenvalue weighted by Gasteiger charge is -2.38. The predicted octanol–water partition coefficient (Wildman–Crippen LogP) is 3.13. The minimum atomic E-state index is 0.130. The highest BCUT2D eigenvalue weighted by atomic mass is 16.3. The summed E-state index contributed by atoms with van der Waals surface area (Å²) in [6.45, 7) is 4.88. The summed E-state index contributed by atoms with van der Waals surface area (Å²) in [7, 11) is 0. The Kier molecular flexibility index (Phi) is 4.83. The van der Waals surface area contributed by atoms with Gasteiger partial charge in [-0.2, -0.15) is 0 Å². The number of fused-ring (bicyclic) bond motifs is 1. The fourth-order valence-electron chi connectivity index (χ4n) is 3.71. The largest absolute Gasteiger partial charge is 0.459 e. The van der Waals surface area contributed by atoms with Crippen LogP contribution in [0.25, 0.3) is 11.0 Å². The Hall–Kier alpha value is -2.14. The van der Waals surface area contributed by atoms with Crippen LogP contribution in [0.15, 0.2) is 65.1 Å². The molecule has 2 heterocycles. The van der Waals surface area contributed by atoms with Crippen LogP contribution in [0.5, 0.6) is 0 Å². The summed E-state index contributed by atoms with van der Waals surface area (Å²) in [6, 6.07) is 21.1. The molecule has 0 bridgehead atoms. The summed E-state index contributed by atoms with van der Waals surface area (Å²) in [6.07, 6.45) is 0. The number of hydrogen-bond acceptors (Lipinski definition) is 4. The lowest BCUT2D eigenvalue weighted by Crippen LogP contribution is -2.48. The first-order valence-electron chi connectivity index (χ1n) is 8.96. The fraction of sp³-hybridized carbons (Fsp3) is 0.333. The molecule has 0 radical (unpaired) electrons. The molecule has 1 atom stereocenters. The van der Waals surface area contributed by atoms with Crippen LogP contribution in [0.3, 0.4) is 0 Å². The van der Waals surface area contributed by atoms with Crippen molar-refractivity contribution in [2.75, 3.05) is 39.3 Å². The van der Waals surface area contributed by atoms with Crippen molar-refractivity contribution >= 4 is 11.0 Å². The van der Waals surface area contributed by atoms with Crippen molar-refractivity contribution in [2.24, 2.45) is 0 Å². The second-order valence-corrected chi connectivity index (χ2v) is 6.60. The fourth-order valence-corrected chi connectivity index (χ4v) is 3.71. The molecule has 4 rings (SSSR count). The molecule has 1 N–H and O–H groups in total. The van der Waals surface area contributed by atoms with Gasteiger partial charge in [-0.1, -0.05) is 48.5 Å². The van der Waals surface area contributed by atoms with Crippen molar-refractivity contribution in [3.05, 3.63) is 72.0 Å². The van der Waals surface area contributed by atoms with Gasteiger partial charge in [0, 0.05) is 38.1 Å². The van der Waals surface area contributed by atoms with Gasteiger partial charge in [-0.15, -0.1) is 0 Å². The van der Waals surface area contributed by atoms with Crippen molar-refractivity contribution in [3.8, 4) is 0 Å². The second kappa shape index (κ2) is 7.40. The number of benzene rings is 2. The van der Waals surface area contributed by atoms with Gasteiger partial charge in [0.15, 0.2) is 0 Å². The van der Waals surface area contributed by atoms with Gasteiger partial charge in [0.1, 0.15) is 11.3 Å². The lowest BCUT2D eigenvalue weighted by molar-refractivity contribution is 0.0887. The van der Waals surface area contributed by atoms with E-state index in [0.29, 0.717) is 0 Å². The highest BCUT2D eigenvalue weighted by Crippen LogP contribution is 2.33. The van der Waals surface area contributed by atoms with Crippen LogP contribution in [0.4, 0.5) is 0 Å².